The minimum absolute atomic E-state index is 0.316. The summed E-state index contributed by atoms with van der Waals surface area (Å²) in [4.78, 5) is 0. The number of nitrogens with two attached hydrogens (primary N) is 1. The average molecular weight is 279 g/mol. The Bertz CT molecular complexity index is 408. The Labute approximate surface area is 109 Å². The Morgan fingerprint density at radius 1 is 1.32 bits per heavy atom. The quantitative estimate of drug-likeness (QED) is 0.642. The van der Waals surface area contributed by atoms with Gasteiger partial charge in [-0.3, -0.25) is 0 Å². The fraction of sp³-hybridized carbons (Fsp3) is 0.500. The highest BCUT2D eigenvalue weighted by Gasteiger charge is 2.27. The summed E-state index contributed by atoms with van der Waals surface area (Å²) in [5.74, 6) is 0.867. The second kappa shape index (κ2) is 6.63. The zero-order valence-electron chi connectivity index (χ0n) is 10.7. The normalized spacial score (nSPS) is 13.2. The van der Waals surface area contributed by atoms with Gasteiger partial charge in [0.25, 0.3) is 0 Å². The van der Waals surface area contributed by atoms with E-state index in [1.165, 1.54) is 7.11 Å². The van der Waals surface area contributed by atoms with Crippen molar-refractivity contribution in [2.45, 2.75) is 19.1 Å². The summed E-state index contributed by atoms with van der Waals surface area (Å²) >= 11 is 0. The van der Waals surface area contributed by atoms with Crippen LogP contribution in [0.1, 0.15) is 18.5 Å². The number of halogens is 3. The maximum Gasteiger partial charge on any atom is 0.411 e. The van der Waals surface area contributed by atoms with Gasteiger partial charge in [0, 0.05) is 17.7 Å². The van der Waals surface area contributed by atoms with Crippen LogP contribution in [0.5, 0.6) is 11.5 Å². The summed E-state index contributed by atoms with van der Waals surface area (Å²) in [6.07, 6.45) is -4.37. The molecule has 0 fully saturated rings. The van der Waals surface area contributed by atoms with Gasteiger partial charge < -0.3 is 19.9 Å². The summed E-state index contributed by atoms with van der Waals surface area (Å²) in [5, 5.41) is 0. The van der Waals surface area contributed by atoms with E-state index in [9.17, 15) is 13.2 Å². The molecule has 0 aliphatic rings. The van der Waals surface area contributed by atoms with Crippen LogP contribution in [-0.4, -0.2) is 26.7 Å². The lowest BCUT2D eigenvalue weighted by Crippen LogP contribution is -2.19. The molecule has 19 heavy (non-hydrogen) atoms. The molecule has 0 heterocycles. The van der Waals surface area contributed by atoms with Crippen LogP contribution in [-0.2, 0) is 4.74 Å². The first-order chi connectivity index (χ1) is 8.83. The molecule has 0 unspecified atom stereocenters. The zero-order chi connectivity index (χ0) is 14.5. The first-order valence-corrected chi connectivity index (χ1v) is 5.54. The summed E-state index contributed by atoms with van der Waals surface area (Å²) < 4.78 is 50.2. The summed E-state index contributed by atoms with van der Waals surface area (Å²) in [7, 11) is 1.48. The highest BCUT2D eigenvalue weighted by Crippen LogP contribution is 2.28. The maximum atomic E-state index is 11.9. The monoisotopic (exact) mass is 279 g/mol. The van der Waals surface area contributed by atoms with Gasteiger partial charge in [-0.1, -0.05) is 6.07 Å². The highest BCUT2D eigenvalue weighted by atomic mass is 19.4. The van der Waals surface area contributed by atoms with Crippen LogP contribution in [0.2, 0.25) is 0 Å². The average Bonchev–Trinajstić information content (AvgIpc) is 2.33. The molecule has 0 spiro atoms. The Morgan fingerprint density at radius 2 is 2.00 bits per heavy atom. The number of ether oxygens (including phenoxy) is 3. The molecule has 0 amide bonds. The van der Waals surface area contributed by atoms with Gasteiger partial charge in [0.1, 0.15) is 18.1 Å². The Hall–Kier alpha value is -1.47. The number of benzene rings is 1. The van der Waals surface area contributed by atoms with E-state index < -0.39 is 19.6 Å². The summed E-state index contributed by atoms with van der Waals surface area (Å²) in [5.41, 5.74) is 6.40. The molecule has 0 radical (unpaired) electrons. The predicted octanol–water partition coefficient (Wildman–Crippen LogP) is 2.63. The van der Waals surface area contributed by atoms with Crippen molar-refractivity contribution in [2.24, 2.45) is 5.73 Å². The van der Waals surface area contributed by atoms with E-state index in [0.29, 0.717) is 17.1 Å². The van der Waals surface area contributed by atoms with Gasteiger partial charge in [0.05, 0.1) is 7.11 Å². The van der Waals surface area contributed by atoms with Gasteiger partial charge in [-0.25, -0.2) is 0 Å². The van der Waals surface area contributed by atoms with Crippen LogP contribution >= 0.6 is 0 Å². The van der Waals surface area contributed by atoms with Gasteiger partial charge in [-0.2, -0.15) is 13.2 Å². The Morgan fingerprint density at radius 3 is 2.53 bits per heavy atom. The van der Waals surface area contributed by atoms with E-state index in [1.807, 2.05) is 0 Å². The van der Waals surface area contributed by atoms with E-state index in [4.69, 9.17) is 15.2 Å². The lowest BCUT2D eigenvalue weighted by atomic mass is 10.1. The fourth-order valence-electron chi connectivity index (χ4n) is 1.41. The lowest BCUT2D eigenvalue weighted by Gasteiger charge is -2.15. The number of rotatable bonds is 6. The molecule has 1 aromatic carbocycles. The largest absolute Gasteiger partial charge is 0.497 e. The van der Waals surface area contributed by atoms with Gasteiger partial charge in [0.2, 0.25) is 0 Å². The first kappa shape index (κ1) is 15.6. The van der Waals surface area contributed by atoms with Crippen molar-refractivity contribution in [3.05, 3.63) is 23.8 Å². The first-order valence-electron chi connectivity index (χ1n) is 5.54. The topological polar surface area (TPSA) is 53.7 Å². The summed E-state index contributed by atoms with van der Waals surface area (Å²) in [6.45, 7) is -0.123. The molecule has 0 bridgehead atoms. The van der Waals surface area contributed by atoms with E-state index in [-0.39, 0.29) is 6.04 Å². The molecule has 0 saturated carbocycles. The molecule has 7 heteroatoms. The third-order valence-corrected chi connectivity index (χ3v) is 2.27. The molecule has 0 aliphatic heterocycles. The van der Waals surface area contributed by atoms with Gasteiger partial charge in [-0.05, 0) is 13.0 Å². The molecule has 1 aromatic rings. The van der Waals surface area contributed by atoms with Gasteiger partial charge in [-0.15, -0.1) is 0 Å². The van der Waals surface area contributed by atoms with E-state index >= 15 is 0 Å². The van der Waals surface area contributed by atoms with Crippen LogP contribution in [0.4, 0.5) is 13.2 Å². The highest BCUT2D eigenvalue weighted by molar-refractivity contribution is 5.42. The number of hydrogen-bond acceptors (Lipinski definition) is 4. The van der Waals surface area contributed by atoms with Crippen molar-refractivity contribution >= 4 is 0 Å². The molecule has 0 saturated heterocycles. The summed E-state index contributed by atoms with van der Waals surface area (Å²) in [6, 6.07) is 4.63. The fourth-order valence-corrected chi connectivity index (χ4v) is 1.41. The third kappa shape index (κ3) is 5.35. The van der Waals surface area contributed by atoms with Crippen LogP contribution in [0, 0.1) is 0 Å². The number of methoxy groups -OCH3 is 1. The molecular formula is C12H16F3NO3. The van der Waals surface area contributed by atoms with Crippen molar-refractivity contribution in [1.29, 1.82) is 0 Å². The van der Waals surface area contributed by atoms with E-state index in [2.05, 4.69) is 4.74 Å². The van der Waals surface area contributed by atoms with E-state index in [1.54, 1.807) is 25.1 Å². The van der Waals surface area contributed by atoms with Gasteiger partial charge in [0.15, 0.2) is 6.79 Å². The SMILES string of the molecule is COc1ccc([C@@H](C)N)c(OCOCC(F)(F)F)c1. The minimum atomic E-state index is -4.37. The van der Waals surface area contributed by atoms with Crippen molar-refractivity contribution in [1.82, 2.24) is 0 Å². The maximum absolute atomic E-state index is 11.9. The van der Waals surface area contributed by atoms with Crippen LogP contribution in [0.3, 0.4) is 0 Å². The second-order valence-corrected chi connectivity index (χ2v) is 3.92. The molecular weight excluding hydrogens is 263 g/mol. The second-order valence-electron chi connectivity index (χ2n) is 3.92. The van der Waals surface area contributed by atoms with Crippen molar-refractivity contribution in [3.8, 4) is 11.5 Å². The lowest BCUT2D eigenvalue weighted by molar-refractivity contribution is -0.186. The molecule has 2 N–H and O–H groups in total. The van der Waals surface area contributed by atoms with Crippen molar-refractivity contribution in [2.75, 3.05) is 20.5 Å². The molecule has 0 aromatic heterocycles. The van der Waals surface area contributed by atoms with Crippen LogP contribution in [0.15, 0.2) is 18.2 Å². The Kier molecular flexibility index (Phi) is 5.44. The number of alkyl halides is 3. The van der Waals surface area contributed by atoms with Crippen molar-refractivity contribution < 1.29 is 27.4 Å². The minimum Gasteiger partial charge on any atom is -0.497 e. The molecule has 4 nitrogen and oxygen atoms in total. The van der Waals surface area contributed by atoms with E-state index in [0.717, 1.165) is 0 Å². The molecule has 0 aliphatic carbocycles. The standard InChI is InChI=1S/C12H16F3NO3/c1-8(16)10-4-3-9(17-2)5-11(10)19-7-18-6-12(13,14)15/h3-5,8H,6-7,16H2,1-2H3/t8-/m1/s1. The zero-order valence-corrected chi connectivity index (χ0v) is 10.7. The molecule has 1 atom stereocenters. The predicted molar refractivity (Wildman–Crippen MR) is 63.1 cm³/mol. The Balaban J connectivity index is 2.65. The molecule has 108 valence electrons. The smallest absolute Gasteiger partial charge is 0.411 e. The van der Waals surface area contributed by atoms with Crippen LogP contribution < -0.4 is 15.2 Å². The van der Waals surface area contributed by atoms with Crippen molar-refractivity contribution in [3.63, 3.8) is 0 Å². The molecule has 1 rings (SSSR count). The number of hydrogen-bond donors (Lipinski definition) is 1. The third-order valence-electron chi connectivity index (χ3n) is 2.27. The van der Waals surface area contributed by atoms with Gasteiger partial charge >= 0.3 is 6.18 Å². The van der Waals surface area contributed by atoms with Crippen LogP contribution in [0.25, 0.3) is 0 Å².